The van der Waals surface area contributed by atoms with Crippen LogP contribution in [0.15, 0.2) is 45.3 Å². The van der Waals surface area contributed by atoms with Gasteiger partial charge in [0, 0.05) is 29.0 Å². The predicted molar refractivity (Wildman–Crippen MR) is 137 cm³/mol. The molecule has 2 aromatic heterocycles. The van der Waals surface area contributed by atoms with Crippen LogP contribution < -0.4 is 4.90 Å². The number of ketones is 1. The highest BCUT2D eigenvalue weighted by Gasteiger charge is 2.30. The third-order valence-electron chi connectivity index (χ3n) is 5.94. The number of amides is 1. The van der Waals surface area contributed by atoms with E-state index in [2.05, 4.69) is 27.8 Å². The molecule has 178 valence electrons. The average Bonchev–Trinajstić information content (AvgIpc) is 3.32. The number of furan rings is 1. The molecule has 0 saturated carbocycles. The van der Waals surface area contributed by atoms with Gasteiger partial charge in [-0.25, -0.2) is 9.78 Å². The molecule has 0 N–H and O–H groups in total. The largest absolute Gasteiger partial charge is 0.450 e. The van der Waals surface area contributed by atoms with Crippen molar-refractivity contribution in [2.75, 3.05) is 18.1 Å². The summed E-state index contributed by atoms with van der Waals surface area (Å²) in [6, 6.07) is 10.9. The summed E-state index contributed by atoms with van der Waals surface area (Å²) in [5.74, 6) is 0.667. The second kappa shape index (κ2) is 10.0. The lowest BCUT2D eigenvalue weighted by Gasteiger charge is -2.22. The van der Waals surface area contributed by atoms with Gasteiger partial charge in [0.05, 0.1) is 17.6 Å². The Morgan fingerprint density at radius 1 is 1.15 bits per heavy atom. The second-order valence-electron chi connectivity index (χ2n) is 8.23. The van der Waals surface area contributed by atoms with Gasteiger partial charge in [0.25, 0.3) is 0 Å². The van der Waals surface area contributed by atoms with Crippen molar-refractivity contribution in [1.29, 1.82) is 0 Å². The van der Waals surface area contributed by atoms with Crippen LogP contribution in [0.3, 0.4) is 0 Å². The first-order valence-corrected chi connectivity index (χ1v) is 12.3. The molecule has 0 unspecified atom stereocenters. The minimum absolute atomic E-state index is 0.115. The molecule has 4 aromatic rings. The van der Waals surface area contributed by atoms with Crippen LogP contribution in [0.5, 0.6) is 0 Å². The summed E-state index contributed by atoms with van der Waals surface area (Å²) in [6.45, 7) is 6.45. The summed E-state index contributed by atoms with van der Waals surface area (Å²) in [4.78, 5) is 32.9. The van der Waals surface area contributed by atoms with E-state index in [1.807, 2.05) is 36.7 Å². The third kappa shape index (κ3) is 4.46. The number of aromatic nitrogens is 2. The average molecular weight is 526 g/mol. The fourth-order valence-corrected chi connectivity index (χ4v) is 4.45. The molecule has 0 aliphatic heterocycles. The van der Waals surface area contributed by atoms with Crippen molar-refractivity contribution in [3.05, 3.63) is 58.0 Å². The van der Waals surface area contributed by atoms with Crippen LogP contribution in [0.4, 0.5) is 10.5 Å². The molecule has 4 rings (SSSR count). The summed E-state index contributed by atoms with van der Waals surface area (Å²) in [7, 11) is 1.94. The monoisotopic (exact) mass is 525 g/mol. The van der Waals surface area contributed by atoms with Gasteiger partial charge < -0.3 is 13.7 Å². The van der Waals surface area contributed by atoms with Crippen LogP contribution >= 0.6 is 15.9 Å². The van der Waals surface area contributed by atoms with E-state index in [-0.39, 0.29) is 18.2 Å². The first kappa shape index (κ1) is 24.0. The molecular formula is C26H28BrN3O4. The highest BCUT2D eigenvalue weighted by atomic mass is 79.9. The van der Waals surface area contributed by atoms with Gasteiger partial charge in [-0.1, -0.05) is 35.7 Å². The van der Waals surface area contributed by atoms with Crippen LogP contribution in [0.25, 0.3) is 22.0 Å². The van der Waals surface area contributed by atoms with Gasteiger partial charge in [0.1, 0.15) is 17.1 Å². The zero-order valence-corrected chi connectivity index (χ0v) is 21.4. The number of imidazole rings is 1. The standard InChI is InChI=1S/C26H28BrN3O4/c1-5-7-8-13-30(26(32)33-6-2)23-19-15-18(27)10-12-22(19)34-25(23)24(31)17-9-11-21-20(14-17)28-16(3)29(21)4/h9-12,14-15H,5-8,13H2,1-4H3. The Kier molecular flexibility index (Phi) is 7.07. The number of ether oxygens (including phenoxy) is 1. The Morgan fingerprint density at radius 3 is 2.68 bits per heavy atom. The van der Waals surface area contributed by atoms with E-state index >= 15 is 0 Å². The number of nitrogens with zero attached hydrogens (tertiary/aromatic N) is 3. The Bertz CT molecular complexity index is 1370. The van der Waals surface area contributed by atoms with Crippen LogP contribution in [-0.4, -0.2) is 34.6 Å². The zero-order valence-electron chi connectivity index (χ0n) is 19.9. The summed E-state index contributed by atoms with van der Waals surface area (Å²) in [6.07, 6.45) is 2.24. The summed E-state index contributed by atoms with van der Waals surface area (Å²) in [5, 5.41) is 0.678. The van der Waals surface area contributed by atoms with Crippen molar-refractivity contribution in [2.45, 2.75) is 40.0 Å². The van der Waals surface area contributed by atoms with Gasteiger partial charge >= 0.3 is 6.09 Å². The minimum Gasteiger partial charge on any atom is -0.450 e. The number of hydrogen-bond acceptors (Lipinski definition) is 5. The van der Waals surface area contributed by atoms with E-state index in [0.29, 0.717) is 28.8 Å². The molecule has 7 nitrogen and oxygen atoms in total. The molecule has 0 atom stereocenters. The van der Waals surface area contributed by atoms with Crippen LogP contribution in [0.1, 0.15) is 55.1 Å². The Labute approximate surface area is 206 Å². The molecule has 2 heterocycles. The lowest BCUT2D eigenvalue weighted by atomic mass is 10.1. The molecule has 2 aromatic carbocycles. The van der Waals surface area contributed by atoms with Gasteiger partial charge in [-0.2, -0.15) is 0 Å². The minimum atomic E-state index is -0.494. The van der Waals surface area contributed by atoms with E-state index in [4.69, 9.17) is 9.15 Å². The number of rotatable bonds is 8. The number of aryl methyl sites for hydroxylation is 2. The Morgan fingerprint density at radius 2 is 1.94 bits per heavy atom. The first-order valence-electron chi connectivity index (χ1n) is 11.5. The molecule has 0 spiro atoms. The van der Waals surface area contributed by atoms with E-state index in [0.717, 1.165) is 40.6 Å². The fraction of sp³-hybridized carbons (Fsp3) is 0.346. The van der Waals surface area contributed by atoms with Crippen molar-refractivity contribution >= 4 is 55.5 Å². The predicted octanol–water partition coefficient (Wildman–Crippen LogP) is 6.77. The maximum atomic E-state index is 13.8. The molecule has 0 aliphatic carbocycles. The van der Waals surface area contributed by atoms with Crippen molar-refractivity contribution in [2.24, 2.45) is 7.05 Å². The molecule has 0 aliphatic rings. The van der Waals surface area contributed by atoms with Gasteiger partial charge in [0.2, 0.25) is 5.78 Å². The molecule has 0 fully saturated rings. The summed E-state index contributed by atoms with van der Waals surface area (Å²) >= 11 is 3.50. The molecule has 1 amide bonds. The third-order valence-corrected chi connectivity index (χ3v) is 6.43. The van der Waals surface area contributed by atoms with Gasteiger partial charge in [0.15, 0.2) is 5.76 Å². The van der Waals surface area contributed by atoms with Crippen molar-refractivity contribution in [3.63, 3.8) is 0 Å². The number of carbonyl (C=O) groups excluding carboxylic acids is 2. The molecule has 34 heavy (non-hydrogen) atoms. The van der Waals surface area contributed by atoms with Crippen molar-refractivity contribution in [1.82, 2.24) is 9.55 Å². The maximum Gasteiger partial charge on any atom is 0.414 e. The van der Waals surface area contributed by atoms with E-state index in [1.165, 1.54) is 4.90 Å². The number of benzene rings is 2. The highest BCUT2D eigenvalue weighted by molar-refractivity contribution is 9.10. The Hall–Kier alpha value is -3.13. The topological polar surface area (TPSA) is 77.6 Å². The maximum absolute atomic E-state index is 13.8. The van der Waals surface area contributed by atoms with Crippen molar-refractivity contribution < 1.29 is 18.7 Å². The Balaban J connectivity index is 1.87. The second-order valence-corrected chi connectivity index (χ2v) is 9.14. The molecule has 0 radical (unpaired) electrons. The quantitative estimate of drug-likeness (QED) is 0.187. The zero-order chi connectivity index (χ0) is 24.4. The molecule has 8 heteroatoms. The highest BCUT2D eigenvalue weighted by Crippen LogP contribution is 2.38. The summed E-state index contributed by atoms with van der Waals surface area (Å²) in [5.41, 5.74) is 3.09. The van der Waals surface area contributed by atoms with Crippen molar-refractivity contribution in [3.8, 4) is 0 Å². The van der Waals surface area contributed by atoms with Gasteiger partial charge in [-0.05, 0) is 56.7 Å². The fourth-order valence-electron chi connectivity index (χ4n) is 4.09. The molecule has 0 bridgehead atoms. The van der Waals surface area contributed by atoms with Crippen LogP contribution in [-0.2, 0) is 11.8 Å². The van der Waals surface area contributed by atoms with E-state index in [1.54, 1.807) is 25.1 Å². The molecule has 0 saturated heterocycles. The SMILES string of the molecule is CCCCCN(C(=O)OCC)c1c(C(=O)c2ccc3c(c2)nc(C)n3C)oc2ccc(Br)cc12. The number of carbonyl (C=O) groups is 2. The number of fused-ring (bicyclic) bond motifs is 2. The van der Waals surface area contributed by atoms with Gasteiger partial charge in [-0.15, -0.1) is 0 Å². The smallest absolute Gasteiger partial charge is 0.414 e. The number of unbranched alkanes of at least 4 members (excludes halogenated alkanes) is 2. The number of halogens is 1. The van der Waals surface area contributed by atoms with Gasteiger partial charge in [-0.3, -0.25) is 9.69 Å². The lowest BCUT2D eigenvalue weighted by molar-refractivity contribution is 0.101. The number of anilines is 1. The van der Waals surface area contributed by atoms with Crippen LogP contribution in [0, 0.1) is 6.92 Å². The normalized spacial score (nSPS) is 11.3. The first-order chi connectivity index (χ1) is 16.3. The molecular weight excluding hydrogens is 498 g/mol. The summed E-state index contributed by atoms with van der Waals surface area (Å²) < 4.78 is 14.2. The van der Waals surface area contributed by atoms with Crippen LogP contribution in [0.2, 0.25) is 0 Å². The van der Waals surface area contributed by atoms with E-state index < -0.39 is 6.09 Å². The van der Waals surface area contributed by atoms with E-state index in [9.17, 15) is 9.59 Å². The number of hydrogen-bond donors (Lipinski definition) is 0. The lowest BCUT2D eigenvalue weighted by Crippen LogP contribution is -2.33.